The van der Waals surface area contributed by atoms with Crippen LogP contribution >= 0.6 is 27.5 Å². The molecular formula is C16H16BrClFNO. The van der Waals surface area contributed by atoms with Gasteiger partial charge in [-0.3, -0.25) is 0 Å². The zero-order chi connectivity index (χ0) is 15.6. The van der Waals surface area contributed by atoms with Crippen molar-refractivity contribution < 1.29 is 9.13 Å². The zero-order valence-corrected chi connectivity index (χ0v) is 14.3. The minimum atomic E-state index is -0.315. The van der Waals surface area contributed by atoms with E-state index in [2.05, 4.69) is 21.2 Å². The molecule has 21 heavy (non-hydrogen) atoms. The van der Waals surface area contributed by atoms with E-state index in [-0.39, 0.29) is 11.9 Å². The summed E-state index contributed by atoms with van der Waals surface area (Å²) in [5, 5.41) is 3.60. The summed E-state index contributed by atoms with van der Waals surface area (Å²) in [6, 6.07) is 8.53. The van der Waals surface area contributed by atoms with Gasteiger partial charge < -0.3 is 10.1 Å². The van der Waals surface area contributed by atoms with Crippen LogP contribution in [0.15, 0.2) is 34.8 Å². The van der Waals surface area contributed by atoms with Crippen molar-refractivity contribution in [3.05, 3.63) is 62.3 Å². The van der Waals surface area contributed by atoms with Crippen LogP contribution in [0.3, 0.4) is 0 Å². The third kappa shape index (κ3) is 3.39. The highest BCUT2D eigenvalue weighted by Crippen LogP contribution is 2.33. The Labute approximate surface area is 137 Å². The topological polar surface area (TPSA) is 21.3 Å². The van der Waals surface area contributed by atoms with Crippen LogP contribution in [0, 0.1) is 12.7 Å². The van der Waals surface area contributed by atoms with E-state index in [0.717, 1.165) is 16.9 Å². The Morgan fingerprint density at radius 1 is 1.29 bits per heavy atom. The predicted octanol–water partition coefficient (Wildman–Crippen LogP) is 4.87. The minimum absolute atomic E-state index is 0.301. The van der Waals surface area contributed by atoms with E-state index in [1.165, 1.54) is 6.07 Å². The second-order valence-corrected chi connectivity index (χ2v) is 6.00. The molecule has 1 atom stereocenters. The SMILES string of the molecule is CNC(c1ccc(C)c(OC)c1)c1cc(Cl)c(Br)cc1F. The van der Waals surface area contributed by atoms with Crippen molar-refractivity contribution in [2.75, 3.05) is 14.2 Å². The van der Waals surface area contributed by atoms with E-state index in [1.54, 1.807) is 20.2 Å². The van der Waals surface area contributed by atoms with Crippen LogP contribution in [0.1, 0.15) is 22.7 Å². The molecule has 0 aliphatic heterocycles. The van der Waals surface area contributed by atoms with Crippen LogP contribution in [0.4, 0.5) is 4.39 Å². The molecule has 2 aromatic rings. The molecule has 1 N–H and O–H groups in total. The van der Waals surface area contributed by atoms with Crippen molar-refractivity contribution in [3.63, 3.8) is 0 Å². The summed E-state index contributed by atoms with van der Waals surface area (Å²) >= 11 is 9.32. The van der Waals surface area contributed by atoms with Gasteiger partial charge in [0.05, 0.1) is 18.2 Å². The molecule has 0 fully saturated rings. The number of benzene rings is 2. The molecule has 0 radical (unpaired) electrons. The van der Waals surface area contributed by atoms with Crippen LogP contribution < -0.4 is 10.1 Å². The second-order valence-electron chi connectivity index (χ2n) is 4.74. The molecule has 2 nitrogen and oxygen atoms in total. The summed E-state index contributed by atoms with van der Waals surface area (Å²) in [4.78, 5) is 0. The lowest BCUT2D eigenvalue weighted by Gasteiger charge is -2.20. The van der Waals surface area contributed by atoms with Crippen molar-refractivity contribution >= 4 is 27.5 Å². The molecule has 0 spiro atoms. The first kappa shape index (κ1) is 16.3. The fourth-order valence-electron chi connectivity index (χ4n) is 2.28. The van der Waals surface area contributed by atoms with Crippen LogP contribution in [-0.4, -0.2) is 14.2 Å². The normalized spacial score (nSPS) is 12.3. The van der Waals surface area contributed by atoms with Gasteiger partial charge in [0.1, 0.15) is 11.6 Å². The predicted molar refractivity (Wildman–Crippen MR) is 87.7 cm³/mol. The van der Waals surface area contributed by atoms with E-state index in [1.807, 2.05) is 25.1 Å². The molecule has 5 heteroatoms. The molecule has 0 amide bonds. The Morgan fingerprint density at radius 3 is 2.62 bits per heavy atom. The molecule has 0 heterocycles. The van der Waals surface area contributed by atoms with E-state index in [4.69, 9.17) is 16.3 Å². The Bertz CT molecular complexity index is 663. The Hall–Kier alpha value is -1.10. The maximum Gasteiger partial charge on any atom is 0.129 e. The molecule has 0 saturated carbocycles. The third-order valence-corrected chi connectivity index (χ3v) is 4.60. The number of hydrogen-bond donors (Lipinski definition) is 1. The molecule has 1 unspecified atom stereocenters. The Balaban J connectivity index is 2.52. The second kappa shape index (κ2) is 6.77. The molecule has 2 aromatic carbocycles. The van der Waals surface area contributed by atoms with E-state index in [9.17, 15) is 4.39 Å². The maximum atomic E-state index is 14.3. The summed E-state index contributed by atoms with van der Waals surface area (Å²) in [7, 11) is 3.41. The van der Waals surface area contributed by atoms with Gasteiger partial charge in [-0.15, -0.1) is 0 Å². The molecule has 0 aromatic heterocycles. The molecule has 0 saturated heterocycles. The van der Waals surface area contributed by atoms with Gasteiger partial charge >= 0.3 is 0 Å². The van der Waals surface area contributed by atoms with Crippen LogP contribution in [0.2, 0.25) is 5.02 Å². The van der Waals surface area contributed by atoms with Gasteiger partial charge in [-0.05, 0) is 59.2 Å². The van der Waals surface area contributed by atoms with Crippen LogP contribution in [0.5, 0.6) is 5.75 Å². The van der Waals surface area contributed by atoms with Gasteiger partial charge in [0.15, 0.2) is 0 Å². The number of aryl methyl sites for hydroxylation is 1. The van der Waals surface area contributed by atoms with Gasteiger partial charge in [-0.1, -0.05) is 23.7 Å². The molecule has 0 bridgehead atoms. The summed E-state index contributed by atoms with van der Waals surface area (Å²) < 4.78 is 20.1. The Kier molecular flexibility index (Phi) is 5.25. The summed E-state index contributed by atoms with van der Waals surface area (Å²) in [6.07, 6.45) is 0. The first-order valence-electron chi connectivity index (χ1n) is 6.44. The van der Waals surface area contributed by atoms with E-state index < -0.39 is 0 Å². The van der Waals surface area contributed by atoms with Gasteiger partial charge in [0.2, 0.25) is 0 Å². The molecule has 2 rings (SSSR count). The summed E-state index contributed by atoms with van der Waals surface area (Å²) in [5.41, 5.74) is 2.44. The fraction of sp³-hybridized carbons (Fsp3) is 0.250. The van der Waals surface area contributed by atoms with E-state index in [0.29, 0.717) is 15.1 Å². The van der Waals surface area contributed by atoms with Crippen molar-refractivity contribution in [2.45, 2.75) is 13.0 Å². The number of hydrogen-bond acceptors (Lipinski definition) is 2. The first-order chi connectivity index (χ1) is 9.97. The van der Waals surface area contributed by atoms with Gasteiger partial charge in [0.25, 0.3) is 0 Å². The fourth-order valence-corrected chi connectivity index (χ4v) is 2.76. The third-order valence-electron chi connectivity index (χ3n) is 3.40. The quantitative estimate of drug-likeness (QED) is 0.773. The first-order valence-corrected chi connectivity index (χ1v) is 7.61. The van der Waals surface area contributed by atoms with Gasteiger partial charge in [-0.25, -0.2) is 4.39 Å². The highest BCUT2D eigenvalue weighted by atomic mass is 79.9. The Morgan fingerprint density at radius 2 is 2.00 bits per heavy atom. The van der Waals surface area contributed by atoms with E-state index >= 15 is 0 Å². The number of ether oxygens (including phenoxy) is 1. The average molecular weight is 373 g/mol. The summed E-state index contributed by atoms with van der Waals surface area (Å²) in [6.45, 7) is 1.97. The molecular weight excluding hydrogens is 357 g/mol. The van der Waals surface area contributed by atoms with Crippen molar-refractivity contribution in [3.8, 4) is 5.75 Å². The monoisotopic (exact) mass is 371 g/mol. The number of halogens is 3. The zero-order valence-electron chi connectivity index (χ0n) is 12.0. The minimum Gasteiger partial charge on any atom is -0.496 e. The van der Waals surface area contributed by atoms with Gasteiger partial charge in [0, 0.05) is 10.0 Å². The number of nitrogens with one attached hydrogen (secondary N) is 1. The number of methoxy groups -OCH3 is 1. The standard InChI is InChI=1S/C16H16BrClFNO/c1-9-4-5-10(6-15(9)21-3)16(20-2)11-7-13(18)12(17)8-14(11)19/h4-8,16,20H,1-3H3. The smallest absolute Gasteiger partial charge is 0.129 e. The lowest BCUT2D eigenvalue weighted by Crippen LogP contribution is -2.19. The molecule has 0 aliphatic rings. The highest BCUT2D eigenvalue weighted by Gasteiger charge is 2.19. The van der Waals surface area contributed by atoms with Crippen molar-refractivity contribution in [1.29, 1.82) is 0 Å². The van der Waals surface area contributed by atoms with Crippen LogP contribution in [-0.2, 0) is 0 Å². The van der Waals surface area contributed by atoms with Crippen molar-refractivity contribution in [1.82, 2.24) is 5.32 Å². The van der Waals surface area contributed by atoms with Gasteiger partial charge in [-0.2, -0.15) is 0 Å². The average Bonchev–Trinajstić information content (AvgIpc) is 2.46. The van der Waals surface area contributed by atoms with Crippen LogP contribution in [0.25, 0.3) is 0 Å². The largest absolute Gasteiger partial charge is 0.496 e. The highest BCUT2D eigenvalue weighted by molar-refractivity contribution is 9.10. The maximum absolute atomic E-state index is 14.3. The molecule has 112 valence electrons. The van der Waals surface area contributed by atoms with Crippen molar-refractivity contribution in [2.24, 2.45) is 0 Å². The number of rotatable bonds is 4. The lowest BCUT2D eigenvalue weighted by molar-refractivity contribution is 0.410. The molecule has 0 aliphatic carbocycles. The lowest BCUT2D eigenvalue weighted by atomic mass is 9.97. The summed E-state index contributed by atoms with van der Waals surface area (Å²) in [5.74, 6) is 0.460.